The average Bonchev–Trinajstić information content (AvgIpc) is 2.60. The monoisotopic (exact) mass is 461 g/mol. The van der Waals surface area contributed by atoms with Gasteiger partial charge in [0.2, 0.25) is 10.0 Å². The molecule has 1 heterocycles. The first-order valence-corrected chi connectivity index (χ1v) is 11.5. The molecule has 0 aliphatic carbocycles. The van der Waals surface area contributed by atoms with Crippen molar-refractivity contribution in [3.63, 3.8) is 0 Å². The number of nitrogens with zero attached hydrogens (tertiary/aromatic N) is 1. The lowest BCUT2D eigenvalue weighted by molar-refractivity contribution is -0.0529. The van der Waals surface area contributed by atoms with Crippen LogP contribution in [0.15, 0.2) is 41.5 Å². The highest BCUT2D eigenvalue weighted by atomic mass is 35.5. The van der Waals surface area contributed by atoms with E-state index >= 15 is 0 Å². The van der Waals surface area contributed by atoms with Gasteiger partial charge in [0.05, 0.1) is 10.9 Å². The molecule has 0 unspecified atom stereocenters. The van der Waals surface area contributed by atoms with E-state index in [4.69, 9.17) is 11.6 Å². The quantitative estimate of drug-likeness (QED) is 0.363. The van der Waals surface area contributed by atoms with Crippen molar-refractivity contribution in [2.75, 3.05) is 0 Å². The molecule has 0 saturated carbocycles. The van der Waals surface area contributed by atoms with Gasteiger partial charge in [-0.05, 0) is 49.9 Å². The molecule has 0 bridgehead atoms. The molecule has 1 saturated heterocycles. The van der Waals surface area contributed by atoms with Crippen molar-refractivity contribution in [2.24, 2.45) is 0 Å². The van der Waals surface area contributed by atoms with Crippen LogP contribution in [0.5, 0.6) is 0 Å². The first-order valence-electron chi connectivity index (χ1n) is 8.30. The third kappa shape index (κ3) is 4.64. The van der Waals surface area contributed by atoms with Gasteiger partial charge >= 0.3 is 15.6 Å². The number of hydrogen-bond donors (Lipinski definition) is 0. The second-order valence-corrected chi connectivity index (χ2v) is 10.1. The van der Waals surface area contributed by atoms with Gasteiger partial charge in [-0.25, -0.2) is 8.42 Å². The molecule has 1 aliphatic heterocycles. The fraction of sp³-hybridized carbons (Fsp3) is 0.500. The van der Waals surface area contributed by atoms with Gasteiger partial charge in [-0.3, -0.25) is 0 Å². The molecule has 1 aromatic rings. The van der Waals surface area contributed by atoms with Gasteiger partial charge in [0, 0.05) is 11.1 Å². The molecule has 0 radical (unpaired) electrons. The lowest BCUT2D eigenvalue weighted by Crippen LogP contribution is -2.51. The molecule has 1 fully saturated rings. The molecule has 2 atom stereocenters. The highest BCUT2D eigenvalue weighted by Crippen LogP contribution is 2.36. The molecule has 1 aliphatic rings. The maximum Gasteiger partial charge on any atom is 0.534 e. The van der Waals surface area contributed by atoms with Gasteiger partial charge in [-0.15, -0.1) is 0 Å². The van der Waals surface area contributed by atoms with E-state index in [1.54, 1.807) is 6.92 Å². The van der Waals surface area contributed by atoms with E-state index in [-0.39, 0.29) is 11.3 Å². The van der Waals surface area contributed by atoms with Crippen LogP contribution >= 0.6 is 11.6 Å². The Morgan fingerprint density at radius 3 is 2.29 bits per heavy atom. The Morgan fingerprint density at radius 1 is 1.21 bits per heavy atom. The third-order valence-corrected chi connectivity index (χ3v) is 7.64. The Labute approximate surface area is 167 Å². The van der Waals surface area contributed by atoms with Crippen LogP contribution in [0.2, 0.25) is 5.02 Å². The van der Waals surface area contributed by atoms with Gasteiger partial charge in [-0.1, -0.05) is 25.1 Å². The smallest absolute Gasteiger partial charge is 0.379 e. The van der Waals surface area contributed by atoms with E-state index in [0.717, 1.165) is 4.31 Å². The van der Waals surface area contributed by atoms with Crippen LogP contribution in [0.3, 0.4) is 0 Å². The van der Waals surface area contributed by atoms with Crippen molar-refractivity contribution >= 4 is 31.7 Å². The zero-order valence-corrected chi connectivity index (χ0v) is 17.2. The van der Waals surface area contributed by atoms with Crippen LogP contribution in [0.25, 0.3) is 0 Å². The first-order chi connectivity index (χ1) is 12.8. The molecule has 28 heavy (non-hydrogen) atoms. The van der Waals surface area contributed by atoms with Crippen LogP contribution in [0, 0.1) is 0 Å². The fourth-order valence-corrected chi connectivity index (χ4v) is 5.62. The number of benzene rings is 1. The van der Waals surface area contributed by atoms with E-state index < -0.39 is 43.5 Å². The molecular weight excluding hydrogens is 443 g/mol. The van der Waals surface area contributed by atoms with Gasteiger partial charge in [0.15, 0.2) is 0 Å². The number of piperidine rings is 1. The molecule has 2 rings (SSSR count). The van der Waals surface area contributed by atoms with Crippen molar-refractivity contribution in [3.05, 3.63) is 41.6 Å². The van der Waals surface area contributed by atoms with Crippen LogP contribution in [0.4, 0.5) is 13.2 Å². The van der Waals surface area contributed by atoms with Gasteiger partial charge in [0.1, 0.15) is 5.76 Å². The standard InChI is InChI=1S/C16H19ClF3NO5S2/c1-3-13-5-4-6-15(11(2)26-28(24,25)16(18,19)20)21(13)27(22,23)14-9-7-12(17)8-10-14/h7-10,13,15H,2-6H2,1H3/t13-,15-/m0/s1. The fourth-order valence-electron chi connectivity index (χ4n) is 3.08. The molecule has 158 valence electrons. The van der Waals surface area contributed by atoms with E-state index in [1.807, 2.05) is 0 Å². The summed E-state index contributed by atoms with van der Waals surface area (Å²) in [6.45, 7) is 5.02. The molecule has 6 nitrogen and oxygen atoms in total. The summed E-state index contributed by atoms with van der Waals surface area (Å²) in [6.07, 6.45) is 1.40. The van der Waals surface area contributed by atoms with Crippen molar-refractivity contribution in [3.8, 4) is 0 Å². The summed E-state index contributed by atoms with van der Waals surface area (Å²) >= 11 is 5.78. The number of rotatable bonds is 6. The largest absolute Gasteiger partial charge is 0.534 e. The van der Waals surface area contributed by atoms with Crippen LogP contribution in [0.1, 0.15) is 32.6 Å². The number of alkyl halides is 3. The Hall–Kier alpha value is -1.30. The number of sulfonamides is 1. The van der Waals surface area contributed by atoms with Gasteiger partial charge < -0.3 is 4.18 Å². The van der Waals surface area contributed by atoms with Gasteiger partial charge in [0.25, 0.3) is 0 Å². The predicted octanol–water partition coefficient (Wildman–Crippen LogP) is 4.04. The molecule has 0 N–H and O–H groups in total. The van der Waals surface area contributed by atoms with E-state index in [2.05, 4.69) is 10.8 Å². The highest BCUT2D eigenvalue weighted by molar-refractivity contribution is 7.89. The first kappa shape index (κ1) is 23.0. The van der Waals surface area contributed by atoms with Crippen molar-refractivity contribution < 1.29 is 34.2 Å². The molecule has 0 spiro atoms. The highest BCUT2D eigenvalue weighted by Gasteiger charge is 2.50. The zero-order chi connectivity index (χ0) is 21.3. The predicted molar refractivity (Wildman–Crippen MR) is 97.4 cm³/mol. The average molecular weight is 462 g/mol. The molecule has 12 heteroatoms. The summed E-state index contributed by atoms with van der Waals surface area (Å²) in [7, 11) is -10.1. The molecule has 0 amide bonds. The van der Waals surface area contributed by atoms with Crippen molar-refractivity contribution in [1.29, 1.82) is 0 Å². The minimum atomic E-state index is -5.95. The lowest BCUT2D eigenvalue weighted by atomic mass is 9.96. The number of hydrogen-bond acceptors (Lipinski definition) is 5. The van der Waals surface area contributed by atoms with Crippen molar-refractivity contribution in [1.82, 2.24) is 4.31 Å². The Bertz CT molecular complexity index is 930. The van der Waals surface area contributed by atoms with Crippen LogP contribution < -0.4 is 0 Å². The maximum atomic E-state index is 13.2. The third-order valence-electron chi connectivity index (χ3n) is 4.41. The summed E-state index contributed by atoms with van der Waals surface area (Å²) in [5.74, 6) is -0.784. The molecule has 0 aromatic heterocycles. The van der Waals surface area contributed by atoms with Gasteiger partial charge in [-0.2, -0.15) is 25.9 Å². The Morgan fingerprint density at radius 2 is 1.79 bits per heavy atom. The minimum Gasteiger partial charge on any atom is -0.379 e. The number of halogens is 4. The van der Waals surface area contributed by atoms with E-state index in [9.17, 15) is 30.0 Å². The van der Waals surface area contributed by atoms with Crippen LogP contribution in [-0.2, 0) is 24.3 Å². The molecule has 1 aromatic carbocycles. The summed E-state index contributed by atoms with van der Waals surface area (Å²) in [6, 6.07) is 3.48. The zero-order valence-electron chi connectivity index (χ0n) is 14.8. The second-order valence-electron chi connectivity index (χ2n) is 6.25. The topological polar surface area (TPSA) is 80.8 Å². The van der Waals surface area contributed by atoms with E-state index in [0.29, 0.717) is 24.3 Å². The Kier molecular flexibility index (Phi) is 6.74. The van der Waals surface area contributed by atoms with E-state index in [1.165, 1.54) is 24.3 Å². The minimum absolute atomic E-state index is 0.0789. The molecular formula is C16H19ClF3NO5S2. The summed E-state index contributed by atoms with van der Waals surface area (Å²) in [5.41, 5.74) is -5.64. The normalized spacial score (nSPS) is 22.0. The Balaban J connectivity index is 2.44. The summed E-state index contributed by atoms with van der Waals surface area (Å²) in [5, 5.41) is 0.310. The van der Waals surface area contributed by atoms with Crippen LogP contribution in [-0.4, -0.2) is 38.7 Å². The summed E-state index contributed by atoms with van der Waals surface area (Å²) < 4.78 is 92.0. The second kappa shape index (κ2) is 8.21. The lowest BCUT2D eigenvalue weighted by Gasteiger charge is -2.40. The van der Waals surface area contributed by atoms with Crippen molar-refractivity contribution in [2.45, 2.75) is 55.1 Å². The SMILES string of the molecule is C=C(OS(=O)(=O)C(F)(F)F)[C@@H]1CCC[C@H](CC)N1S(=O)(=O)c1ccc(Cl)cc1. The summed E-state index contributed by atoms with van der Waals surface area (Å²) in [4.78, 5) is -0.117. The maximum absolute atomic E-state index is 13.2.